The second-order valence-corrected chi connectivity index (χ2v) is 5.84. The van der Waals surface area contributed by atoms with Crippen molar-refractivity contribution in [1.29, 1.82) is 0 Å². The van der Waals surface area contributed by atoms with E-state index < -0.39 is 0 Å². The van der Waals surface area contributed by atoms with Crippen molar-refractivity contribution in [2.24, 2.45) is 17.6 Å². The zero-order chi connectivity index (χ0) is 14.8. The van der Waals surface area contributed by atoms with Crippen LogP contribution in [0, 0.1) is 11.8 Å². The van der Waals surface area contributed by atoms with Crippen LogP contribution in [0.2, 0.25) is 0 Å². The number of carbonyl (C=O) groups excluding carboxylic acids is 2. The molecule has 1 unspecified atom stereocenters. The maximum atomic E-state index is 11.7. The monoisotopic (exact) mass is 307 g/mol. The first-order valence-corrected chi connectivity index (χ1v) is 7.11. The molecule has 1 atom stereocenters. The summed E-state index contributed by atoms with van der Waals surface area (Å²) in [6.07, 6.45) is 2.16. The van der Waals surface area contributed by atoms with E-state index in [0.717, 1.165) is 12.8 Å². The topological polar surface area (TPSA) is 84.2 Å². The van der Waals surface area contributed by atoms with Gasteiger partial charge in [-0.25, -0.2) is 0 Å². The van der Waals surface area contributed by atoms with Crippen LogP contribution in [-0.2, 0) is 9.59 Å². The van der Waals surface area contributed by atoms with Gasteiger partial charge in [-0.3, -0.25) is 9.59 Å². The molecule has 0 aliphatic rings. The van der Waals surface area contributed by atoms with Gasteiger partial charge in [0.25, 0.3) is 0 Å². The van der Waals surface area contributed by atoms with Crippen LogP contribution in [0.3, 0.4) is 0 Å². The minimum Gasteiger partial charge on any atom is -0.351 e. The molecule has 0 aliphatic carbocycles. The molecule has 2 amide bonds. The van der Waals surface area contributed by atoms with E-state index >= 15 is 0 Å². The molecule has 5 nitrogen and oxygen atoms in total. The lowest BCUT2D eigenvalue weighted by Crippen LogP contribution is -2.45. The summed E-state index contributed by atoms with van der Waals surface area (Å²) < 4.78 is 0. The van der Waals surface area contributed by atoms with E-state index in [1.165, 1.54) is 0 Å². The number of hydrogen-bond acceptors (Lipinski definition) is 3. The summed E-state index contributed by atoms with van der Waals surface area (Å²) in [5, 5.41) is 5.47. The lowest BCUT2D eigenvalue weighted by molar-refractivity contribution is -0.126. The Morgan fingerprint density at radius 2 is 1.65 bits per heavy atom. The molecule has 0 heterocycles. The Kier molecular flexibility index (Phi) is 12.9. The second-order valence-electron chi connectivity index (χ2n) is 5.84. The Hall–Kier alpha value is -0.810. The SMILES string of the molecule is CC(C)CCC(=O)NCC(=O)NC(CN)CC(C)C.Cl. The fraction of sp³-hybridized carbons (Fsp3) is 0.857. The summed E-state index contributed by atoms with van der Waals surface area (Å²) in [6.45, 7) is 8.76. The third-order valence-electron chi connectivity index (χ3n) is 2.80. The van der Waals surface area contributed by atoms with Gasteiger partial charge in [-0.1, -0.05) is 27.7 Å². The van der Waals surface area contributed by atoms with E-state index in [1.54, 1.807) is 0 Å². The lowest BCUT2D eigenvalue weighted by atomic mass is 10.0. The molecular weight excluding hydrogens is 278 g/mol. The molecule has 0 saturated carbocycles. The van der Waals surface area contributed by atoms with Crippen molar-refractivity contribution in [1.82, 2.24) is 10.6 Å². The van der Waals surface area contributed by atoms with Crippen molar-refractivity contribution in [3.05, 3.63) is 0 Å². The highest BCUT2D eigenvalue weighted by atomic mass is 35.5. The van der Waals surface area contributed by atoms with Crippen LogP contribution in [0.15, 0.2) is 0 Å². The number of hydrogen-bond donors (Lipinski definition) is 3. The third-order valence-corrected chi connectivity index (χ3v) is 2.80. The predicted octanol–water partition coefficient (Wildman–Crippen LogP) is 1.45. The first-order valence-electron chi connectivity index (χ1n) is 7.11. The van der Waals surface area contributed by atoms with Crippen molar-refractivity contribution in [2.45, 2.75) is 53.0 Å². The highest BCUT2D eigenvalue weighted by Gasteiger charge is 2.13. The molecule has 0 aliphatic heterocycles. The predicted molar refractivity (Wildman–Crippen MR) is 84.8 cm³/mol. The number of halogens is 1. The summed E-state index contributed by atoms with van der Waals surface area (Å²) in [6, 6.07) is -0.0138. The van der Waals surface area contributed by atoms with Gasteiger partial charge in [-0.15, -0.1) is 12.4 Å². The number of rotatable bonds is 9. The van der Waals surface area contributed by atoms with Gasteiger partial charge in [0.15, 0.2) is 0 Å². The number of carbonyl (C=O) groups is 2. The van der Waals surface area contributed by atoms with E-state index in [0.29, 0.717) is 24.8 Å². The fourth-order valence-electron chi connectivity index (χ4n) is 1.75. The van der Waals surface area contributed by atoms with Gasteiger partial charge in [-0.05, 0) is 24.7 Å². The molecule has 0 spiro atoms. The van der Waals surface area contributed by atoms with E-state index in [9.17, 15) is 9.59 Å². The lowest BCUT2D eigenvalue weighted by Gasteiger charge is -2.19. The second kappa shape index (κ2) is 12.0. The molecule has 0 rings (SSSR count). The molecule has 120 valence electrons. The van der Waals surface area contributed by atoms with Gasteiger partial charge in [0, 0.05) is 19.0 Å². The normalized spacial score (nSPS) is 11.9. The Morgan fingerprint density at radius 1 is 1.05 bits per heavy atom. The summed E-state index contributed by atoms with van der Waals surface area (Å²) >= 11 is 0. The van der Waals surface area contributed by atoms with E-state index in [4.69, 9.17) is 5.73 Å². The molecule has 0 fully saturated rings. The zero-order valence-electron chi connectivity index (χ0n) is 13.1. The maximum absolute atomic E-state index is 11.7. The molecule has 0 radical (unpaired) electrons. The molecule has 0 saturated heterocycles. The minimum atomic E-state index is -0.172. The van der Waals surface area contributed by atoms with E-state index in [-0.39, 0.29) is 36.8 Å². The van der Waals surface area contributed by atoms with Gasteiger partial charge in [-0.2, -0.15) is 0 Å². The average molecular weight is 308 g/mol. The van der Waals surface area contributed by atoms with Crippen molar-refractivity contribution in [3.63, 3.8) is 0 Å². The summed E-state index contributed by atoms with van der Waals surface area (Å²) in [4.78, 5) is 23.1. The van der Waals surface area contributed by atoms with Gasteiger partial charge in [0.2, 0.25) is 11.8 Å². The molecule has 4 N–H and O–H groups in total. The Balaban J connectivity index is 0. The van der Waals surface area contributed by atoms with Crippen LogP contribution < -0.4 is 16.4 Å². The van der Waals surface area contributed by atoms with Gasteiger partial charge in [0.05, 0.1) is 6.54 Å². The largest absolute Gasteiger partial charge is 0.351 e. The van der Waals surface area contributed by atoms with E-state index in [2.05, 4.69) is 38.3 Å². The quantitative estimate of drug-likeness (QED) is 0.603. The van der Waals surface area contributed by atoms with Crippen molar-refractivity contribution >= 4 is 24.2 Å². The Labute approximate surface area is 128 Å². The molecule has 0 aromatic heterocycles. The van der Waals surface area contributed by atoms with Gasteiger partial charge < -0.3 is 16.4 Å². The molecule has 20 heavy (non-hydrogen) atoms. The third kappa shape index (κ3) is 12.2. The number of nitrogens with one attached hydrogen (secondary N) is 2. The summed E-state index contributed by atoms with van der Waals surface area (Å²) in [7, 11) is 0. The van der Waals surface area contributed by atoms with Crippen LogP contribution >= 0.6 is 12.4 Å². The standard InChI is InChI=1S/C14H29N3O2.ClH/c1-10(2)5-6-13(18)16-9-14(19)17-12(8-15)7-11(3)4;/h10-12H,5-9,15H2,1-4H3,(H,16,18)(H,17,19);1H. The molecule has 0 aromatic rings. The first-order chi connectivity index (χ1) is 8.85. The van der Waals surface area contributed by atoms with E-state index in [1.807, 2.05) is 0 Å². The van der Waals surface area contributed by atoms with Crippen molar-refractivity contribution in [3.8, 4) is 0 Å². The van der Waals surface area contributed by atoms with Crippen LogP contribution in [0.1, 0.15) is 47.0 Å². The van der Waals surface area contributed by atoms with Gasteiger partial charge in [0.1, 0.15) is 0 Å². The summed E-state index contributed by atoms with van der Waals surface area (Å²) in [5.74, 6) is 0.729. The van der Waals surface area contributed by atoms with Crippen LogP contribution in [0.25, 0.3) is 0 Å². The number of amides is 2. The highest BCUT2D eigenvalue weighted by molar-refractivity contribution is 5.85. The van der Waals surface area contributed by atoms with Gasteiger partial charge >= 0.3 is 0 Å². The fourth-order valence-corrected chi connectivity index (χ4v) is 1.75. The molecule has 0 aromatic carbocycles. The Bertz CT molecular complexity index is 284. The summed E-state index contributed by atoms with van der Waals surface area (Å²) in [5.41, 5.74) is 5.60. The smallest absolute Gasteiger partial charge is 0.239 e. The Morgan fingerprint density at radius 3 is 2.10 bits per heavy atom. The maximum Gasteiger partial charge on any atom is 0.239 e. The number of nitrogens with two attached hydrogens (primary N) is 1. The zero-order valence-corrected chi connectivity index (χ0v) is 13.9. The van der Waals surface area contributed by atoms with Crippen LogP contribution in [0.5, 0.6) is 0 Å². The molecular formula is C14H30ClN3O2. The highest BCUT2D eigenvalue weighted by Crippen LogP contribution is 2.04. The molecule has 6 heteroatoms. The van der Waals surface area contributed by atoms with Crippen molar-refractivity contribution in [2.75, 3.05) is 13.1 Å². The minimum absolute atomic E-state index is 0. The van der Waals surface area contributed by atoms with Crippen molar-refractivity contribution < 1.29 is 9.59 Å². The average Bonchev–Trinajstić information content (AvgIpc) is 2.32. The van der Waals surface area contributed by atoms with Crippen LogP contribution in [-0.4, -0.2) is 30.9 Å². The van der Waals surface area contributed by atoms with Crippen LogP contribution in [0.4, 0.5) is 0 Å². The molecule has 0 bridgehead atoms. The first kappa shape index (κ1) is 21.5.